The van der Waals surface area contributed by atoms with Crippen LogP contribution in [0.4, 0.5) is 0 Å². The van der Waals surface area contributed by atoms with Gasteiger partial charge in [-0.3, -0.25) is 0 Å². The van der Waals surface area contributed by atoms with Gasteiger partial charge in [-0.05, 0) is 31.2 Å². The van der Waals surface area contributed by atoms with E-state index in [1.54, 1.807) is 23.9 Å². The highest BCUT2D eigenvalue weighted by Gasteiger charge is 1.93. The summed E-state index contributed by atoms with van der Waals surface area (Å²) in [7, 11) is 0. The van der Waals surface area contributed by atoms with E-state index < -0.39 is 0 Å². The summed E-state index contributed by atoms with van der Waals surface area (Å²) >= 11 is 1.73. The van der Waals surface area contributed by atoms with E-state index in [1.807, 2.05) is 19.1 Å². The summed E-state index contributed by atoms with van der Waals surface area (Å²) in [4.78, 5) is 1.16. The van der Waals surface area contributed by atoms with Crippen LogP contribution in [0.1, 0.15) is 6.92 Å². The molecule has 1 N–H and O–H groups in total. The molecule has 0 bridgehead atoms. The lowest BCUT2D eigenvalue weighted by Crippen LogP contribution is -1.95. The molecule has 0 fully saturated rings. The van der Waals surface area contributed by atoms with Crippen molar-refractivity contribution in [2.75, 3.05) is 19.0 Å². The second kappa shape index (κ2) is 5.89. The quantitative estimate of drug-likeness (QED) is 0.582. The highest BCUT2D eigenvalue weighted by Crippen LogP contribution is 2.20. The molecule has 0 aliphatic carbocycles. The number of hydrogen-bond acceptors (Lipinski definition) is 3. The maximum absolute atomic E-state index is 9.03. The molecular weight excluding hydrogens is 184 g/mol. The summed E-state index contributed by atoms with van der Waals surface area (Å²) in [6.07, 6.45) is 0. The van der Waals surface area contributed by atoms with Gasteiger partial charge in [0.25, 0.3) is 0 Å². The molecule has 0 aliphatic heterocycles. The lowest BCUT2D eigenvalue weighted by atomic mass is 10.3. The molecule has 1 aromatic carbocycles. The molecule has 2 nitrogen and oxygen atoms in total. The number of thioether (sulfide) groups is 1. The fourth-order valence-electron chi connectivity index (χ4n) is 0.905. The highest BCUT2D eigenvalue weighted by atomic mass is 32.2. The fourth-order valence-corrected chi connectivity index (χ4v) is 1.67. The molecule has 0 aromatic heterocycles. The van der Waals surface area contributed by atoms with Crippen molar-refractivity contribution in [1.82, 2.24) is 0 Å². The number of phenolic OH excluding ortho intramolecular Hbond substituents is 1. The molecule has 0 radical (unpaired) electrons. The van der Waals surface area contributed by atoms with Gasteiger partial charge in [0.15, 0.2) is 0 Å². The Morgan fingerprint density at radius 2 is 2.00 bits per heavy atom. The molecule has 0 spiro atoms. The molecule has 72 valence electrons. The average Bonchev–Trinajstić information content (AvgIpc) is 2.15. The molecule has 13 heavy (non-hydrogen) atoms. The number of aromatic hydroxyl groups is 1. The summed E-state index contributed by atoms with van der Waals surface area (Å²) in [6.45, 7) is 3.55. The third-order valence-corrected chi connectivity index (χ3v) is 2.51. The Morgan fingerprint density at radius 1 is 1.31 bits per heavy atom. The van der Waals surface area contributed by atoms with Crippen LogP contribution in [-0.4, -0.2) is 24.1 Å². The second-order valence-electron chi connectivity index (χ2n) is 2.54. The Bertz CT molecular complexity index is 233. The van der Waals surface area contributed by atoms with Crippen molar-refractivity contribution >= 4 is 11.8 Å². The van der Waals surface area contributed by atoms with Crippen LogP contribution < -0.4 is 0 Å². The van der Waals surface area contributed by atoms with Gasteiger partial charge >= 0.3 is 0 Å². The third-order valence-electron chi connectivity index (χ3n) is 1.54. The van der Waals surface area contributed by atoms with Gasteiger partial charge in [-0.2, -0.15) is 0 Å². The predicted octanol–water partition coefficient (Wildman–Crippen LogP) is 2.52. The summed E-state index contributed by atoms with van der Waals surface area (Å²) in [5, 5.41) is 9.03. The largest absolute Gasteiger partial charge is 0.508 e. The van der Waals surface area contributed by atoms with Crippen molar-refractivity contribution in [3.8, 4) is 5.75 Å². The SMILES string of the molecule is CCOCCSc1ccc(O)cc1. The number of benzene rings is 1. The zero-order valence-electron chi connectivity index (χ0n) is 7.69. The molecule has 0 saturated heterocycles. The van der Waals surface area contributed by atoms with Gasteiger partial charge in [-0.1, -0.05) is 0 Å². The molecule has 0 atom stereocenters. The lowest BCUT2D eigenvalue weighted by molar-refractivity contribution is 0.164. The van der Waals surface area contributed by atoms with Gasteiger partial charge in [-0.25, -0.2) is 0 Å². The van der Waals surface area contributed by atoms with Gasteiger partial charge in [0.2, 0.25) is 0 Å². The Hall–Kier alpha value is -0.670. The molecule has 0 amide bonds. The van der Waals surface area contributed by atoms with Gasteiger partial charge in [-0.15, -0.1) is 11.8 Å². The van der Waals surface area contributed by atoms with Crippen molar-refractivity contribution in [3.05, 3.63) is 24.3 Å². The third kappa shape index (κ3) is 4.20. The molecule has 1 aromatic rings. The van der Waals surface area contributed by atoms with E-state index in [-0.39, 0.29) is 0 Å². The monoisotopic (exact) mass is 198 g/mol. The van der Waals surface area contributed by atoms with Gasteiger partial charge in [0.1, 0.15) is 5.75 Å². The Balaban J connectivity index is 2.25. The lowest BCUT2D eigenvalue weighted by Gasteiger charge is -2.01. The van der Waals surface area contributed by atoms with Crippen LogP contribution in [0.15, 0.2) is 29.2 Å². The molecule has 0 heterocycles. The molecule has 3 heteroatoms. The molecular formula is C10H14O2S. The first-order chi connectivity index (χ1) is 6.33. The fraction of sp³-hybridized carbons (Fsp3) is 0.400. The van der Waals surface area contributed by atoms with Crippen LogP contribution in [0.3, 0.4) is 0 Å². The van der Waals surface area contributed by atoms with Gasteiger partial charge in [0.05, 0.1) is 6.61 Å². The van der Waals surface area contributed by atoms with Crippen molar-refractivity contribution in [1.29, 1.82) is 0 Å². The topological polar surface area (TPSA) is 29.5 Å². The minimum Gasteiger partial charge on any atom is -0.508 e. The van der Waals surface area contributed by atoms with Crippen LogP contribution in [0.5, 0.6) is 5.75 Å². The zero-order valence-corrected chi connectivity index (χ0v) is 8.51. The molecule has 1 rings (SSSR count). The summed E-state index contributed by atoms with van der Waals surface area (Å²) in [6, 6.07) is 7.21. The smallest absolute Gasteiger partial charge is 0.115 e. The van der Waals surface area contributed by atoms with Crippen LogP contribution in [0.2, 0.25) is 0 Å². The van der Waals surface area contributed by atoms with E-state index in [0.29, 0.717) is 5.75 Å². The van der Waals surface area contributed by atoms with E-state index >= 15 is 0 Å². The maximum Gasteiger partial charge on any atom is 0.115 e. The normalized spacial score (nSPS) is 10.2. The predicted molar refractivity (Wildman–Crippen MR) is 55.3 cm³/mol. The van der Waals surface area contributed by atoms with E-state index in [2.05, 4.69) is 0 Å². The summed E-state index contributed by atoms with van der Waals surface area (Å²) in [5.74, 6) is 1.27. The number of rotatable bonds is 5. The molecule has 0 saturated carbocycles. The summed E-state index contributed by atoms with van der Waals surface area (Å²) < 4.78 is 5.21. The van der Waals surface area contributed by atoms with Crippen molar-refractivity contribution in [3.63, 3.8) is 0 Å². The Kier molecular flexibility index (Phi) is 4.72. The van der Waals surface area contributed by atoms with E-state index in [1.165, 1.54) is 0 Å². The van der Waals surface area contributed by atoms with Crippen molar-refractivity contribution < 1.29 is 9.84 Å². The van der Waals surface area contributed by atoms with Crippen molar-refractivity contribution in [2.45, 2.75) is 11.8 Å². The van der Waals surface area contributed by atoms with Crippen LogP contribution >= 0.6 is 11.8 Å². The Labute approximate surface area is 82.9 Å². The minimum absolute atomic E-state index is 0.314. The van der Waals surface area contributed by atoms with E-state index in [4.69, 9.17) is 9.84 Å². The van der Waals surface area contributed by atoms with Gasteiger partial charge in [0, 0.05) is 17.3 Å². The summed E-state index contributed by atoms with van der Waals surface area (Å²) in [5.41, 5.74) is 0. The second-order valence-corrected chi connectivity index (χ2v) is 3.71. The van der Waals surface area contributed by atoms with Gasteiger partial charge < -0.3 is 9.84 Å². The van der Waals surface area contributed by atoms with E-state index in [9.17, 15) is 0 Å². The maximum atomic E-state index is 9.03. The van der Waals surface area contributed by atoms with Crippen LogP contribution in [0, 0.1) is 0 Å². The standard InChI is InChI=1S/C10H14O2S/c1-2-12-7-8-13-10-5-3-9(11)4-6-10/h3-6,11H,2,7-8H2,1H3. The Morgan fingerprint density at radius 3 is 2.62 bits per heavy atom. The van der Waals surface area contributed by atoms with E-state index in [0.717, 1.165) is 23.9 Å². The van der Waals surface area contributed by atoms with Crippen molar-refractivity contribution in [2.24, 2.45) is 0 Å². The number of phenols is 1. The first kappa shape index (κ1) is 10.4. The van der Waals surface area contributed by atoms with Crippen LogP contribution in [-0.2, 0) is 4.74 Å². The first-order valence-corrected chi connectivity index (χ1v) is 5.31. The zero-order chi connectivity index (χ0) is 9.52. The minimum atomic E-state index is 0.314. The molecule has 0 unspecified atom stereocenters. The first-order valence-electron chi connectivity index (χ1n) is 4.32. The van der Waals surface area contributed by atoms with Crippen LogP contribution in [0.25, 0.3) is 0 Å². The average molecular weight is 198 g/mol. The number of ether oxygens (including phenoxy) is 1. The molecule has 0 aliphatic rings. The number of hydrogen-bond donors (Lipinski definition) is 1. The highest BCUT2D eigenvalue weighted by molar-refractivity contribution is 7.99.